The minimum Gasteiger partial charge on any atom is -0.475 e. The van der Waals surface area contributed by atoms with E-state index in [2.05, 4.69) is 20.9 Å². The van der Waals surface area contributed by atoms with Gasteiger partial charge < -0.3 is 15.2 Å². The Morgan fingerprint density at radius 1 is 1.50 bits per heavy atom. The normalized spacial score (nSPS) is 10.2. The Morgan fingerprint density at radius 3 is 2.93 bits per heavy atom. The van der Waals surface area contributed by atoms with Crippen LogP contribution in [0.2, 0.25) is 0 Å². The van der Waals surface area contributed by atoms with Crippen LogP contribution in [0.4, 0.5) is 0 Å². The van der Waals surface area contributed by atoms with Crippen molar-refractivity contribution < 1.29 is 9.47 Å². The van der Waals surface area contributed by atoms with Crippen LogP contribution >= 0.6 is 15.9 Å². The molecule has 1 aromatic rings. The summed E-state index contributed by atoms with van der Waals surface area (Å²) in [6.45, 7) is 1.44. The third-order valence-electron chi connectivity index (χ3n) is 1.64. The number of pyridine rings is 1. The summed E-state index contributed by atoms with van der Waals surface area (Å²) in [4.78, 5) is 4.12. The van der Waals surface area contributed by atoms with Crippen LogP contribution < -0.4 is 10.5 Å². The highest BCUT2D eigenvalue weighted by Crippen LogP contribution is 2.19. The van der Waals surface area contributed by atoms with Crippen molar-refractivity contribution in [1.82, 2.24) is 4.98 Å². The largest absolute Gasteiger partial charge is 0.475 e. The molecule has 0 bridgehead atoms. The van der Waals surface area contributed by atoms with Crippen molar-refractivity contribution in [3.05, 3.63) is 22.3 Å². The van der Waals surface area contributed by atoms with Crippen molar-refractivity contribution >= 4 is 15.9 Å². The topological polar surface area (TPSA) is 57.4 Å². The molecule has 0 spiro atoms. The van der Waals surface area contributed by atoms with Crippen molar-refractivity contribution in [3.63, 3.8) is 0 Å². The Balaban J connectivity index is 2.65. The monoisotopic (exact) mass is 260 g/mol. The molecule has 1 rings (SSSR count). The highest BCUT2D eigenvalue weighted by atomic mass is 79.9. The third-order valence-corrected chi connectivity index (χ3v) is 2.07. The second-order valence-corrected chi connectivity index (χ2v) is 3.58. The third kappa shape index (κ3) is 3.25. The van der Waals surface area contributed by atoms with Gasteiger partial charge in [-0.1, -0.05) is 0 Å². The van der Waals surface area contributed by atoms with Gasteiger partial charge in [0.05, 0.1) is 6.61 Å². The quantitative estimate of drug-likeness (QED) is 0.812. The van der Waals surface area contributed by atoms with Crippen LogP contribution in [-0.4, -0.2) is 25.3 Å². The first-order chi connectivity index (χ1) is 6.77. The zero-order chi connectivity index (χ0) is 10.4. The maximum atomic E-state index is 5.55. The summed E-state index contributed by atoms with van der Waals surface area (Å²) in [5.74, 6) is 0.577. The van der Waals surface area contributed by atoms with Crippen LogP contribution in [0.15, 0.2) is 16.7 Å². The lowest BCUT2D eigenvalue weighted by molar-refractivity contribution is 0.143. The number of hydrogen-bond acceptors (Lipinski definition) is 4. The van der Waals surface area contributed by atoms with Crippen LogP contribution in [0.5, 0.6) is 5.88 Å². The molecule has 0 amide bonds. The Kier molecular flexibility index (Phi) is 4.86. The van der Waals surface area contributed by atoms with Gasteiger partial charge in [-0.05, 0) is 22.0 Å². The highest BCUT2D eigenvalue weighted by Gasteiger charge is 2.04. The standard InChI is InChI=1S/C9H13BrN2O2/c1-13-2-3-14-9-7(5-11)4-8(10)6-12-9/h4,6H,2-3,5,11H2,1H3. The summed E-state index contributed by atoms with van der Waals surface area (Å²) in [5, 5.41) is 0. The van der Waals surface area contributed by atoms with E-state index in [1.54, 1.807) is 13.3 Å². The smallest absolute Gasteiger partial charge is 0.217 e. The SMILES string of the molecule is COCCOc1ncc(Br)cc1CN. The lowest BCUT2D eigenvalue weighted by Crippen LogP contribution is -2.09. The van der Waals surface area contributed by atoms with Crippen LogP contribution in [0.1, 0.15) is 5.56 Å². The molecule has 78 valence electrons. The zero-order valence-corrected chi connectivity index (χ0v) is 9.58. The molecule has 0 aliphatic rings. The maximum Gasteiger partial charge on any atom is 0.217 e. The minimum atomic E-state index is 0.411. The first kappa shape index (κ1) is 11.4. The average molecular weight is 261 g/mol. The van der Waals surface area contributed by atoms with Crippen LogP contribution in [0.25, 0.3) is 0 Å². The van der Waals surface area contributed by atoms with Crippen LogP contribution in [0.3, 0.4) is 0 Å². The fraction of sp³-hybridized carbons (Fsp3) is 0.444. The van der Waals surface area contributed by atoms with E-state index < -0.39 is 0 Å². The van der Waals surface area contributed by atoms with Crippen LogP contribution in [0, 0.1) is 0 Å². The maximum absolute atomic E-state index is 5.55. The van der Waals surface area contributed by atoms with E-state index in [1.165, 1.54) is 0 Å². The van der Waals surface area contributed by atoms with Gasteiger partial charge in [-0.3, -0.25) is 0 Å². The molecule has 0 aliphatic heterocycles. The molecule has 0 saturated carbocycles. The molecule has 2 N–H and O–H groups in total. The molecule has 0 radical (unpaired) electrons. The Hall–Kier alpha value is -0.650. The predicted octanol–water partition coefficient (Wildman–Crippen LogP) is 1.33. The Morgan fingerprint density at radius 2 is 2.29 bits per heavy atom. The minimum absolute atomic E-state index is 0.411. The van der Waals surface area contributed by atoms with E-state index in [0.717, 1.165) is 10.0 Å². The summed E-state index contributed by atoms with van der Waals surface area (Å²) in [7, 11) is 1.63. The lowest BCUT2D eigenvalue weighted by Gasteiger charge is -2.08. The number of hydrogen-bond donors (Lipinski definition) is 1. The molecule has 0 unspecified atom stereocenters. The number of methoxy groups -OCH3 is 1. The van der Waals surface area contributed by atoms with Gasteiger partial charge in [0.15, 0.2) is 0 Å². The molecule has 0 fully saturated rings. The molecule has 4 nitrogen and oxygen atoms in total. The van der Waals surface area contributed by atoms with Gasteiger partial charge >= 0.3 is 0 Å². The lowest BCUT2D eigenvalue weighted by atomic mass is 10.3. The number of ether oxygens (including phenoxy) is 2. The molecular formula is C9H13BrN2O2. The van der Waals surface area contributed by atoms with Crippen molar-refractivity contribution in [3.8, 4) is 5.88 Å². The molecule has 0 aromatic carbocycles. The van der Waals surface area contributed by atoms with Gasteiger partial charge in [0.2, 0.25) is 5.88 Å². The van der Waals surface area contributed by atoms with Gasteiger partial charge in [-0.25, -0.2) is 4.98 Å². The number of rotatable bonds is 5. The molecule has 14 heavy (non-hydrogen) atoms. The van der Waals surface area contributed by atoms with E-state index in [-0.39, 0.29) is 0 Å². The second kappa shape index (κ2) is 5.95. The van der Waals surface area contributed by atoms with Crippen molar-refractivity contribution in [2.75, 3.05) is 20.3 Å². The number of halogens is 1. The van der Waals surface area contributed by atoms with Gasteiger partial charge in [-0.15, -0.1) is 0 Å². The summed E-state index contributed by atoms with van der Waals surface area (Å²) < 4.78 is 11.2. The Bertz CT molecular complexity index is 294. The van der Waals surface area contributed by atoms with E-state index >= 15 is 0 Å². The highest BCUT2D eigenvalue weighted by molar-refractivity contribution is 9.10. The summed E-state index contributed by atoms with van der Waals surface area (Å²) in [6.07, 6.45) is 1.68. The van der Waals surface area contributed by atoms with Crippen LogP contribution in [-0.2, 0) is 11.3 Å². The summed E-state index contributed by atoms with van der Waals surface area (Å²) in [5.41, 5.74) is 6.44. The number of aromatic nitrogens is 1. The molecule has 0 saturated heterocycles. The summed E-state index contributed by atoms with van der Waals surface area (Å²) in [6, 6.07) is 1.90. The number of nitrogens with zero attached hydrogens (tertiary/aromatic N) is 1. The average Bonchev–Trinajstić information content (AvgIpc) is 2.20. The van der Waals surface area contributed by atoms with Crippen molar-refractivity contribution in [1.29, 1.82) is 0 Å². The summed E-state index contributed by atoms with van der Waals surface area (Å²) >= 11 is 3.32. The molecule has 0 atom stereocenters. The van der Waals surface area contributed by atoms with Gasteiger partial charge in [-0.2, -0.15) is 0 Å². The predicted molar refractivity (Wildman–Crippen MR) is 57.2 cm³/mol. The number of nitrogens with two attached hydrogens (primary N) is 1. The van der Waals surface area contributed by atoms with E-state index in [4.69, 9.17) is 15.2 Å². The van der Waals surface area contributed by atoms with Crippen molar-refractivity contribution in [2.45, 2.75) is 6.54 Å². The fourth-order valence-electron chi connectivity index (χ4n) is 0.967. The molecule has 0 aliphatic carbocycles. The Labute approximate surface area is 91.5 Å². The molecule has 1 aromatic heterocycles. The van der Waals surface area contributed by atoms with E-state index in [1.807, 2.05) is 6.07 Å². The van der Waals surface area contributed by atoms with Gasteiger partial charge in [0.1, 0.15) is 6.61 Å². The molecule has 1 heterocycles. The first-order valence-electron chi connectivity index (χ1n) is 4.24. The second-order valence-electron chi connectivity index (χ2n) is 2.66. The van der Waals surface area contributed by atoms with Crippen molar-refractivity contribution in [2.24, 2.45) is 5.73 Å². The molecular weight excluding hydrogens is 248 g/mol. The zero-order valence-electron chi connectivity index (χ0n) is 8.00. The first-order valence-corrected chi connectivity index (χ1v) is 5.03. The molecule has 5 heteroatoms. The van der Waals surface area contributed by atoms with E-state index in [9.17, 15) is 0 Å². The van der Waals surface area contributed by atoms with Gasteiger partial charge in [0, 0.05) is 29.9 Å². The fourth-order valence-corrected chi connectivity index (χ4v) is 1.35. The van der Waals surface area contributed by atoms with Gasteiger partial charge in [0.25, 0.3) is 0 Å². The van der Waals surface area contributed by atoms with E-state index in [0.29, 0.717) is 25.6 Å².